The number of nitrogens with one attached hydrogen (secondary N) is 3. The van der Waals surface area contributed by atoms with Gasteiger partial charge in [0.1, 0.15) is 0 Å². The zero-order valence-electron chi connectivity index (χ0n) is 14.9. The standard InChI is InChI=1S/C15H29N5O3S/c1-5-12(6-2)14-10-13(23-20-14)11-18-15(16-3)17-8-7-9-19-24(4,21)22/h10,12,19H,5-9,11H2,1-4H3,(H2,16,17,18). The molecule has 0 aliphatic rings. The number of rotatable bonds is 10. The topological polar surface area (TPSA) is 109 Å². The van der Waals surface area contributed by atoms with Gasteiger partial charge in [-0.3, -0.25) is 4.99 Å². The zero-order chi connectivity index (χ0) is 18.0. The maximum Gasteiger partial charge on any atom is 0.208 e. The zero-order valence-corrected chi connectivity index (χ0v) is 15.7. The monoisotopic (exact) mass is 359 g/mol. The van der Waals surface area contributed by atoms with E-state index >= 15 is 0 Å². The smallest absolute Gasteiger partial charge is 0.208 e. The van der Waals surface area contributed by atoms with Crippen molar-refractivity contribution >= 4 is 16.0 Å². The SMILES string of the molecule is CCC(CC)c1cc(CNC(=NC)NCCCNS(C)(=O)=O)on1. The van der Waals surface area contributed by atoms with Crippen molar-refractivity contribution in [2.45, 2.75) is 45.6 Å². The van der Waals surface area contributed by atoms with Gasteiger partial charge in [-0.15, -0.1) is 0 Å². The summed E-state index contributed by atoms with van der Waals surface area (Å²) in [6.45, 7) is 5.78. The third-order valence-corrected chi connectivity index (χ3v) is 4.37. The van der Waals surface area contributed by atoms with Crippen LogP contribution in [0, 0.1) is 0 Å². The fraction of sp³-hybridized carbons (Fsp3) is 0.733. The lowest BCUT2D eigenvalue weighted by molar-refractivity contribution is 0.368. The second-order valence-electron chi connectivity index (χ2n) is 5.60. The van der Waals surface area contributed by atoms with Gasteiger partial charge in [0.25, 0.3) is 0 Å². The Bertz CT molecular complexity index is 608. The summed E-state index contributed by atoms with van der Waals surface area (Å²) in [5, 5.41) is 10.4. The van der Waals surface area contributed by atoms with E-state index in [-0.39, 0.29) is 0 Å². The number of hydrogen-bond acceptors (Lipinski definition) is 5. The molecule has 1 aromatic rings. The number of aliphatic imine (C=N–C) groups is 1. The second kappa shape index (κ2) is 10.3. The Balaban J connectivity index is 2.34. The van der Waals surface area contributed by atoms with Crippen molar-refractivity contribution in [1.82, 2.24) is 20.5 Å². The summed E-state index contributed by atoms with van der Waals surface area (Å²) in [5.41, 5.74) is 0.992. The van der Waals surface area contributed by atoms with E-state index < -0.39 is 10.0 Å². The van der Waals surface area contributed by atoms with E-state index in [1.165, 1.54) is 0 Å². The van der Waals surface area contributed by atoms with Crippen molar-refractivity contribution in [3.8, 4) is 0 Å². The molecule has 0 unspecified atom stereocenters. The summed E-state index contributed by atoms with van der Waals surface area (Å²) in [4.78, 5) is 4.12. The molecule has 1 rings (SSSR count). The van der Waals surface area contributed by atoms with Crippen LogP contribution in [-0.2, 0) is 16.6 Å². The maximum atomic E-state index is 11.0. The number of nitrogens with zero attached hydrogens (tertiary/aromatic N) is 2. The first-order chi connectivity index (χ1) is 11.4. The van der Waals surface area contributed by atoms with Gasteiger partial charge < -0.3 is 15.2 Å². The Hall–Kier alpha value is -1.61. The van der Waals surface area contributed by atoms with Gasteiger partial charge in [0.2, 0.25) is 10.0 Å². The molecule has 138 valence electrons. The van der Waals surface area contributed by atoms with Gasteiger partial charge in [-0.25, -0.2) is 13.1 Å². The lowest BCUT2D eigenvalue weighted by atomic mass is 9.99. The van der Waals surface area contributed by atoms with Gasteiger partial charge in [0.05, 0.1) is 18.5 Å². The summed E-state index contributed by atoms with van der Waals surface area (Å²) in [6.07, 6.45) is 3.89. The van der Waals surface area contributed by atoms with E-state index in [0.717, 1.165) is 30.6 Å². The quantitative estimate of drug-likeness (QED) is 0.329. The molecule has 1 heterocycles. The average molecular weight is 359 g/mol. The Kier molecular flexibility index (Phi) is 8.77. The molecule has 24 heavy (non-hydrogen) atoms. The van der Waals surface area contributed by atoms with Crippen LogP contribution in [0.25, 0.3) is 0 Å². The van der Waals surface area contributed by atoms with E-state index in [0.29, 0.717) is 37.9 Å². The van der Waals surface area contributed by atoms with Gasteiger partial charge in [0, 0.05) is 32.1 Å². The minimum Gasteiger partial charge on any atom is -0.359 e. The number of sulfonamides is 1. The third-order valence-electron chi connectivity index (χ3n) is 3.64. The van der Waals surface area contributed by atoms with Crippen LogP contribution in [-0.4, -0.2) is 45.9 Å². The molecular weight excluding hydrogens is 330 g/mol. The Morgan fingerprint density at radius 3 is 2.58 bits per heavy atom. The van der Waals surface area contributed by atoms with Crippen molar-refractivity contribution in [1.29, 1.82) is 0 Å². The highest BCUT2D eigenvalue weighted by molar-refractivity contribution is 7.88. The molecule has 3 N–H and O–H groups in total. The summed E-state index contributed by atoms with van der Waals surface area (Å²) in [6, 6.07) is 1.98. The molecule has 0 saturated heterocycles. The number of aromatic nitrogens is 1. The van der Waals surface area contributed by atoms with Crippen molar-refractivity contribution in [3.63, 3.8) is 0 Å². The van der Waals surface area contributed by atoms with E-state index in [2.05, 4.69) is 39.4 Å². The highest BCUT2D eigenvalue weighted by atomic mass is 32.2. The lowest BCUT2D eigenvalue weighted by Crippen LogP contribution is -2.38. The minimum atomic E-state index is -3.13. The van der Waals surface area contributed by atoms with Gasteiger partial charge in [-0.2, -0.15) is 0 Å². The first-order valence-corrected chi connectivity index (χ1v) is 10.1. The highest BCUT2D eigenvalue weighted by Crippen LogP contribution is 2.22. The number of hydrogen-bond donors (Lipinski definition) is 3. The van der Waals surface area contributed by atoms with Crippen molar-refractivity contribution < 1.29 is 12.9 Å². The average Bonchev–Trinajstić information content (AvgIpc) is 2.99. The summed E-state index contributed by atoms with van der Waals surface area (Å²) in [7, 11) is -1.45. The summed E-state index contributed by atoms with van der Waals surface area (Å²) in [5.74, 6) is 1.83. The van der Waals surface area contributed by atoms with Crippen molar-refractivity contribution in [3.05, 3.63) is 17.5 Å². The Morgan fingerprint density at radius 1 is 1.29 bits per heavy atom. The molecule has 0 aromatic carbocycles. The normalized spacial score (nSPS) is 12.6. The molecule has 1 aromatic heterocycles. The molecular formula is C15H29N5O3S. The van der Waals surface area contributed by atoms with Crippen LogP contribution in [0.4, 0.5) is 0 Å². The van der Waals surface area contributed by atoms with Gasteiger partial charge in [-0.05, 0) is 19.3 Å². The molecule has 0 saturated carbocycles. The molecule has 0 aliphatic carbocycles. The van der Waals surface area contributed by atoms with Gasteiger partial charge in [-0.1, -0.05) is 19.0 Å². The second-order valence-corrected chi connectivity index (χ2v) is 7.44. The molecule has 0 amide bonds. The van der Waals surface area contributed by atoms with Crippen molar-refractivity contribution in [2.75, 3.05) is 26.4 Å². The first-order valence-electron chi connectivity index (χ1n) is 8.24. The molecule has 0 bridgehead atoms. The summed E-state index contributed by atoms with van der Waals surface area (Å²) < 4.78 is 29.7. The fourth-order valence-electron chi connectivity index (χ4n) is 2.26. The number of guanidine groups is 1. The van der Waals surface area contributed by atoms with Crippen LogP contribution in [0.2, 0.25) is 0 Å². The first kappa shape index (κ1) is 20.4. The molecule has 0 fully saturated rings. The maximum absolute atomic E-state index is 11.0. The van der Waals surface area contributed by atoms with Crippen LogP contribution in [0.5, 0.6) is 0 Å². The third kappa shape index (κ3) is 7.78. The van der Waals surface area contributed by atoms with Crippen molar-refractivity contribution in [2.24, 2.45) is 4.99 Å². The van der Waals surface area contributed by atoms with Crippen LogP contribution in [0.3, 0.4) is 0 Å². The van der Waals surface area contributed by atoms with Crippen LogP contribution >= 0.6 is 0 Å². The molecule has 9 heteroatoms. The molecule has 0 radical (unpaired) electrons. The minimum absolute atomic E-state index is 0.393. The van der Waals surface area contributed by atoms with E-state index in [4.69, 9.17) is 4.52 Å². The van der Waals surface area contributed by atoms with E-state index in [9.17, 15) is 8.42 Å². The summed E-state index contributed by atoms with van der Waals surface area (Å²) >= 11 is 0. The molecule has 0 spiro atoms. The molecule has 0 atom stereocenters. The van der Waals surface area contributed by atoms with Crippen LogP contribution in [0.15, 0.2) is 15.6 Å². The predicted molar refractivity (Wildman–Crippen MR) is 95.5 cm³/mol. The Morgan fingerprint density at radius 2 is 2.00 bits per heavy atom. The largest absolute Gasteiger partial charge is 0.359 e. The highest BCUT2D eigenvalue weighted by Gasteiger charge is 2.13. The lowest BCUT2D eigenvalue weighted by Gasteiger charge is -2.10. The fourth-order valence-corrected chi connectivity index (χ4v) is 2.77. The van der Waals surface area contributed by atoms with Crippen LogP contribution in [0.1, 0.15) is 50.5 Å². The molecule has 8 nitrogen and oxygen atoms in total. The van der Waals surface area contributed by atoms with Gasteiger partial charge in [0.15, 0.2) is 11.7 Å². The van der Waals surface area contributed by atoms with Gasteiger partial charge >= 0.3 is 0 Å². The Labute approximate surface area is 144 Å². The molecule has 0 aliphatic heterocycles. The van der Waals surface area contributed by atoms with E-state index in [1.54, 1.807) is 7.05 Å². The van der Waals surface area contributed by atoms with Crippen LogP contribution < -0.4 is 15.4 Å². The predicted octanol–water partition coefficient (Wildman–Crippen LogP) is 1.18. The van der Waals surface area contributed by atoms with E-state index in [1.807, 2.05) is 6.07 Å².